The van der Waals surface area contributed by atoms with E-state index in [-0.39, 0.29) is 18.7 Å². The van der Waals surface area contributed by atoms with Gasteiger partial charge in [-0.25, -0.2) is 4.39 Å². The molecule has 3 nitrogen and oxygen atoms in total. The van der Waals surface area contributed by atoms with Crippen molar-refractivity contribution in [3.63, 3.8) is 0 Å². The molecule has 0 bridgehead atoms. The Morgan fingerprint density at radius 3 is 2.55 bits per heavy atom. The molecule has 2 aliphatic heterocycles. The van der Waals surface area contributed by atoms with E-state index >= 15 is 0 Å². The molecule has 2 heterocycles. The fourth-order valence-electron chi connectivity index (χ4n) is 2.75. The van der Waals surface area contributed by atoms with Crippen molar-refractivity contribution in [3.05, 3.63) is 58.9 Å². The van der Waals surface area contributed by atoms with Crippen LogP contribution in [0, 0.1) is 5.82 Å². The zero-order chi connectivity index (χ0) is 13.5. The SMILES string of the molecule is Fc1ccc(C2OCCc3cc4c(cc32)OCO4)cc1. The molecule has 0 aromatic heterocycles. The van der Waals surface area contributed by atoms with Crippen molar-refractivity contribution in [2.75, 3.05) is 13.4 Å². The van der Waals surface area contributed by atoms with E-state index in [2.05, 4.69) is 0 Å². The maximum Gasteiger partial charge on any atom is 0.231 e. The van der Waals surface area contributed by atoms with Crippen LogP contribution in [0.4, 0.5) is 4.39 Å². The third kappa shape index (κ3) is 1.84. The third-order valence-corrected chi connectivity index (χ3v) is 3.75. The van der Waals surface area contributed by atoms with Crippen molar-refractivity contribution in [2.45, 2.75) is 12.5 Å². The smallest absolute Gasteiger partial charge is 0.231 e. The van der Waals surface area contributed by atoms with E-state index in [1.807, 2.05) is 12.1 Å². The molecule has 0 spiro atoms. The van der Waals surface area contributed by atoms with Crippen LogP contribution in [-0.4, -0.2) is 13.4 Å². The van der Waals surface area contributed by atoms with Crippen LogP contribution < -0.4 is 9.47 Å². The summed E-state index contributed by atoms with van der Waals surface area (Å²) >= 11 is 0. The Hall–Kier alpha value is -2.07. The standard InChI is InChI=1S/C16H13FO3/c17-12-3-1-10(2-4-12)16-13-8-15-14(19-9-20-15)7-11(13)5-6-18-16/h1-4,7-8,16H,5-6,9H2. The summed E-state index contributed by atoms with van der Waals surface area (Å²) < 4.78 is 29.8. The minimum atomic E-state index is -0.240. The highest BCUT2D eigenvalue weighted by Gasteiger charge is 2.26. The number of hydrogen-bond donors (Lipinski definition) is 0. The lowest BCUT2D eigenvalue weighted by atomic mass is 9.92. The van der Waals surface area contributed by atoms with Gasteiger partial charge in [-0.1, -0.05) is 12.1 Å². The highest BCUT2D eigenvalue weighted by Crippen LogP contribution is 2.41. The van der Waals surface area contributed by atoms with Crippen LogP contribution in [0.2, 0.25) is 0 Å². The first-order chi connectivity index (χ1) is 9.81. The summed E-state index contributed by atoms with van der Waals surface area (Å²) in [6, 6.07) is 10.4. The molecule has 102 valence electrons. The molecule has 1 atom stereocenters. The van der Waals surface area contributed by atoms with Crippen LogP contribution in [0.5, 0.6) is 11.5 Å². The number of rotatable bonds is 1. The molecule has 2 aromatic rings. The van der Waals surface area contributed by atoms with Gasteiger partial charge >= 0.3 is 0 Å². The van der Waals surface area contributed by atoms with Crippen molar-refractivity contribution >= 4 is 0 Å². The topological polar surface area (TPSA) is 27.7 Å². The Bertz CT molecular complexity index is 652. The van der Waals surface area contributed by atoms with E-state index in [1.54, 1.807) is 12.1 Å². The Morgan fingerprint density at radius 1 is 1.00 bits per heavy atom. The summed E-state index contributed by atoms with van der Waals surface area (Å²) in [6.45, 7) is 0.912. The van der Waals surface area contributed by atoms with Crippen LogP contribution >= 0.6 is 0 Å². The predicted molar refractivity (Wildman–Crippen MR) is 70.5 cm³/mol. The molecule has 0 fully saturated rings. The number of ether oxygens (including phenoxy) is 3. The van der Waals surface area contributed by atoms with Crippen molar-refractivity contribution in [2.24, 2.45) is 0 Å². The van der Waals surface area contributed by atoms with Gasteiger partial charge in [0.25, 0.3) is 0 Å². The lowest BCUT2D eigenvalue weighted by Gasteiger charge is -2.26. The zero-order valence-corrected chi connectivity index (χ0v) is 10.8. The Morgan fingerprint density at radius 2 is 1.75 bits per heavy atom. The number of fused-ring (bicyclic) bond motifs is 2. The average Bonchev–Trinajstić information content (AvgIpc) is 2.92. The van der Waals surface area contributed by atoms with Crippen molar-refractivity contribution in [1.29, 1.82) is 0 Å². The van der Waals surface area contributed by atoms with Gasteiger partial charge in [-0.3, -0.25) is 0 Å². The first-order valence-corrected chi connectivity index (χ1v) is 6.61. The molecule has 2 aliphatic rings. The van der Waals surface area contributed by atoms with Gasteiger partial charge in [0.1, 0.15) is 11.9 Å². The second kappa shape index (κ2) is 4.49. The molecular formula is C16H13FO3. The molecule has 2 aromatic carbocycles. The number of hydrogen-bond acceptors (Lipinski definition) is 3. The van der Waals surface area contributed by atoms with Crippen LogP contribution in [0.15, 0.2) is 36.4 Å². The molecule has 0 saturated carbocycles. The first kappa shape index (κ1) is 11.7. The van der Waals surface area contributed by atoms with Crippen LogP contribution in [0.3, 0.4) is 0 Å². The van der Waals surface area contributed by atoms with Gasteiger partial charge in [-0.15, -0.1) is 0 Å². The molecule has 4 heteroatoms. The van der Waals surface area contributed by atoms with Gasteiger partial charge in [-0.05, 0) is 47.4 Å². The van der Waals surface area contributed by atoms with Crippen molar-refractivity contribution in [3.8, 4) is 11.5 Å². The molecular weight excluding hydrogens is 259 g/mol. The summed E-state index contributed by atoms with van der Waals surface area (Å²) in [7, 11) is 0. The molecule has 4 rings (SSSR count). The van der Waals surface area contributed by atoms with E-state index in [0.29, 0.717) is 6.61 Å². The normalized spacial score (nSPS) is 19.8. The van der Waals surface area contributed by atoms with Crippen molar-refractivity contribution in [1.82, 2.24) is 0 Å². The number of halogens is 1. The molecule has 0 aliphatic carbocycles. The Balaban J connectivity index is 1.79. The largest absolute Gasteiger partial charge is 0.454 e. The first-order valence-electron chi connectivity index (χ1n) is 6.61. The summed E-state index contributed by atoms with van der Waals surface area (Å²) in [5.74, 6) is 1.31. The molecule has 1 unspecified atom stereocenters. The van der Waals surface area contributed by atoms with Gasteiger partial charge < -0.3 is 14.2 Å². The summed E-state index contributed by atoms with van der Waals surface area (Å²) in [6.07, 6.45) is 0.679. The third-order valence-electron chi connectivity index (χ3n) is 3.75. The fraction of sp³-hybridized carbons (Fsp3) is 0.250. The molecule has 0 amide bonds. The Labute approximate surface area is 115 Å². The second-order valence-electron chi connectivity index (χ2n) is 4.96. The summed E-state index contributed by atoms with van der Waals surface area (Å²) in [4.78, 5) is 0. The quantitative estimate of drug-likeness (QED) is 0.797. The molecule has 0 saturated heterocycles. The van der Waals surface area contributed by atoms with Crippen LogP contribution in [0.1, 0.15) is 22.8 Å². The zero-order valence-electron chi connectivity index (χ0n) is 10.8. The molecule has 0 N–H and O–H groups in total. The van der Waals surface area contributed by atoms with E-state index in [4.69, 9.17) is 14.2 Å². The lowest BCUT2D eigenvalue weighted by Crippen LogP contribution is -2.17. The van der Waals surface area contributed by atoms with E-state index in [9.17, 15) is 4.39 Å². The van der Waals surface area contributed by atoms with Gasteiger partial charge in [-0.2, -0.15) is 0 Å². The number of benzene rings is 2. The van der Waals surface area contributed by atoms with Crippen molar-refractivity contribution < 1.29 is 18.6 Å². The fourth-order valence-corrected chi connectivity index (χ4v) is 2.75. The Kier molecular flexibility index (Phi) is 2.63. The monoisotopic (exact) mass is 272 g/mol. The van der Waals surface area contributed by atoms with E-state index in [1.165, 1.54) is 17.7 Å². The maximum absolute atomic E-state index is 13.1. The van der Waals surface area contributed by atoms with E-state index < -0.39 is 0 Å². The molecule has 0 radical (unpaired) electrons. The summed E-state index contributed by atoms with van der Waals surface area (Å²) in [5.41, 5.74) is 3.23. The minimum absolute atomic E-state index is 0.172. The van der Waals surface area contributed by atoms with Gasteiger partial charge in [0, 0.05) is 0 Å². The van der Waals surface area contributed by atoms with Gasteiger partial charge in [0.15, 0.2) is 11.5 Å². The molecule has 20 heavy (non-hydrogen) atoms. The lowest BCUT2D eigenvalue weighted by molar-refractivity contribution is 0.0696. The summed E-state index contributed by atoms with van der Waals surface area (Å²) in [5, 5.41) is 0. The highest BCUT2D eigenvalue weighted by molar-refractivity contribution is 5.51. The highest BCUT2D eigenvalue weighted by atomic mass is 19.1. The van der Waals surface area contributed by atoms with Gasteiger partial charge in [0.2, 0.25) is 6.79 Å². The second-order valence-corrected chi connectivity index (χ2v) is 4.96. The van der Waals surface area contributed by atoms with Crippen LogP contribution in [0.25, 0.3) is 0 Å². The minimum Gasteiger partial charge on any atom is -0.454 e. The maximum atomic E-state index is 13.1. The predicted octanol–water partition coefficient (Wildman–Crippen LogP) is 3.22. The van der Waals surface area contributed by atoms with E-state index in [0.717, 1.165) is 29.0 Å². The average molecular weight is 272 g/mol. The van der Waals surface area contributed by atoms with Gasteiger partial charge in [0.05, 0.1) is 6.61 Å². The van der Waals surface area contributed by atoms with Crippen LogP contribution in [-0.2, 0) is 11.2 Å².